The summed E-state index contributed by atoms with van der Waals surface area (Å²) in [4.78, 5) is 0. The van der Waals surface area contributed by atoms with Gasteiger partial charge in [0.15, 0.2) is 0 Å². The van der Waals surface area contributed by atoms with Crippen molar-refractivity contribution in [3.8, 4) is 0 Å². The van der Waals surface area contributed by atoms with Crippen molar-refractivity contribution < 1.29 is 4.74 Å². The van der Waals surface area contributed by atoms with Crippen molar-refractivity contribution in [3.05, 3.63) is 35.9 Å². The van der Waals surface area contributed by atoms with E-state index in [-0.39, 0.29) is 11.5 Å². The Hall–Kier alpha value is -0.900. The number of hydrogen-bond acceptors (Lipinski definition) is 3. The SMILES string of the molecule is COC(C)CNCC1(c2ccccc2)CCNCC1. The van der Waals surface area contributed by atoms with Gasteiger partial charge in [0.1, 0.15) is 0 Å². The van der Waals surface area contributed by atoms with Crippen LogP contribution in [0.2, 0.25) is 0 Å². The van der Waals surface area contributed by atoms with Crippen LogP contribution in [-0.2, 0) is 10.2 Å². The van der Waals surface area contributed by atoms with Crippen LogP contribution >= 0.6 is 0 Å². The number of methoxy groups -OCH3 is 1. The molecule has 1 aliphatic heterocycles. The van der Waals surface area contributed by atoms with Crippen molar-refractivity contribution in [3.63, 3.8) is 0 Å². The van der Waals surface area contributed by atoms with Crippen LogP contribution in [0.4, 0.5) is 0 Å². The lowest BCUT2D eigenvalue weighted by Crippen LogP contribution is -2.47. The molecule has 1 heterocycles. The quantitative estimate of drug-likeness (QED) is 0.822. The maximum Gasteiger partial charge on any atom is 0.0667 e. The molecule has 1 saturated heterocycles. The Bertz CT molecular complexity index is 360. The minimum Gasteiger partial charge on any atom is -0.380 e. The number of benzene rings is 1. The summed E-state index contributed by atoms with van der Waals surface area (Å²) in [6.07, 6.45) is 2.67. The monoisotopic (exact) mass is 262 g/mol. The Morgan fingerprint density at radius 2 is 1.95 bits per heavy atom. The first-order chi connectivity index (χ1) is 9.27. The van der Waals surface area contributed by atoms with Crippen molar-refractivity contribution in [2.24, 2.45) is 0 Å². The summed E-state index contributed by atoms with van der Waals surface area (Å²) in [6, 6.07) is 10.9. The fourth-order valence-corrected chi connectivity index (χ4v) is 2.86. The molecule has 0 saturated carbocycles. The third-order valence-corrected chi connectivity index (χ3v) is 4.24. The van der Waals surface area contributed by atoms with E-state index in [0.29, 0.717) is 0 Å². The van der Waals surface area contributed by atoms with Gasteiger partial charge in [-0.3, -0.25) is 0 Å². The van der Waals surface area contributed by atoms with E-state index < -0.39 is 0 Å². The molecule has 0 radical (unpaired) electrons. The minimum atomic E-state index is 0.273. The molecule has 0 aromatic heterocycles. The molecule has 1 unspecified atom stereocenters. The molecule has 1 atom stereocenters. The first-order valence-electron chi connectivity index (χ1n) is 7.27. The molecule has 0 amide bonds. The van der Waals surface area contributed by atoms with Crippen molar-refractivity contribution in [2.75, 3.05) is 33.3 Å². The van der Waals surface area contributed by atoms with Crippen LogP contribution in [0.15, 0.2) is 30.3 Å². The number of rotatable bonds is 6. The third kappa shape index (κ3) is 3.78. The highest BCUT2D eigenvalue weighted by atomic mass is 16.5. The number of nitrogens with one attached hydrogen (secondary N) is 2. The summed E-state index contributed by atoms with van der Waals surface area (Å²) in [5.41, 5.74) is 1.74. The van der Waals surface area contributed by atoms with Crippen LogP contribution in [-0.4, -0.2) is 39.4 Å². The topological polar surface area (TPSA) is 33.3 Å². The zero-order valence-electron chi connectivity index (χ0n) is 12.1. The van der Waals surface area contributed by atoms with Crippen molar-refractivity contribution >= 4 is 0 Å². The van der Waals surface area contributed by atoms with Gasteiger partial charge in [0.2, 0.25) is 0 Å². The van der Waals surface area contributed by atoms with E-state index in [9.17, 15) is 0 Å². The summed E-state index contributed by atoms with van der Waals surface area (Å²) >= 11 is 0. The highest BCUT2D eigenvalue weighted by Gasteiger charge is 2.33. The van der Waals surface area contributed by atoms with Crippen LogP contribution in [0.5, 0.6) is 0 Å². The van der Waals surface area contributed by atoms with Crippen LogP contribution in [0.3, 0.4) is 0 Å². The van der Waals surface area contributed by atoms with Gasteiger partial charge in [-0.15, -0.1) is 0 Å². The fourth-order valence-electron chi connectivity index (χ4n) is 2.86. The molecular formula is C16H26N2O. The zero-order valence-corrected chi connectivity index (χ0v) is 12.1. The Labute approximate surface area is 116 Å². The second-order valence-electron chi connectivity index (χ2n) is 5.57. The molecule has 1 aromatic carbocycles. The van der Waals surface area contributed by atoms with Gasteiger partial charge in [-0.2, -0.15) is 0 Å². The Morgan fingerprint density at radius 1 is 1.26 bits per heavy atom. The number of ether oxygens (including phenoxy) is 1. The maximum atomic E-state index is 5.30. The van der Waals surface area contributed by atoms with E-state index >= 15 is 0 Å². The third-order valence-electron chi connectivity index (χ3n) is 4.24. The van der Waals surface area contributed by atoms with Crippen LogP contribution in [0.1, 0.15) is 25.3 Å². The molecular weight excluding hydrogens is 236 g/mol. The lowest BCUT2D eigenvalue weighted by Gasteiger charge is -2.38. The Morgan fingerprint density at radius 3 is 2.58 bits per heavy atom. The lowest BCUT2D eigenvalue weighted by molar-refractivity contribution is 0.114. The van der Waals surface area contributed by atoms with E-state index in [0.717, 1.165) is 26.2 Å². The van der Waals surface area contributed by atoms with Gasteiger partial charge in [-0.1, -0.05) is 30.3 Å². The molecule has 2 rings (SSSR count). The summed E-state index contributed by atoms with van der Waals surface area (Å²) in [5, 5.41) is 7.06. The van der Waals surface area contributed by atoms with E-state index in [1.54, 1.807) is 7.11 Å². The number of piperidine rings is 1. The summed E-state index contributed by atoms with van der Waals surface area (Å²) < 4.78 is 5.30. The minimum absolute atomic E-state index is 0.273. The van der Waals surface area contributed by atoms with Crippen LogP contribution in [0.25, 0.3) is 0 Å². The highest BCUT2D eigenvalue weighted by molar-refractivity contribution is 5.27. The van der Waals surface area contributed by atoms with Gasteiger partial charge < -0.3 is 15.4 Å². The van der Waals surface area contributed by atoms with Crippen LogP contribution in [0, 0.1) is 0 Å². The summed E-state index contributed by atoms with van der Waals surface area (Å²) in [7, 11) is 1.77. The smallest absolute Gasteiger partial charge is 0.0667 e. The molecule has 0 spiro atoms. The Kier molecular flexibility index (Phi) is 5.37. The standard InChI is InChI=1S/C16H26N2O/c1-14(19-2)12-18-13-16(8-10-17-11-9-16)15-6-4-3-5-7-15/h3-7,14,17-18H,8-13H2,1-2H3. The number of hydrogen-bond donors (Lipinski definition) is 2. The second kappa shape index (κ2) is 7.04. The van der Waals surface area contributed by atoms with Gasteiger partial charge >= 0.3 is 0 Å². The summed E-state index contributed by atoms with van der Waals surface area (Å²) in [6.45, 7) is 6.27. The second-order valence-corrected chi connectivity index (χ2v) is 5.57. The van der Waals surface area contributed by atoms with Crippen molar-refractivity contribution in [2.45, 2.75) is 31.3 Å². The van der Waals surface area contributed by atoms with Crippen molar-refractivity contribution in [1.82, 2.24) is 10.6 Å². The lowest BCUT2D eigenvalue weighted by atomic mass is 9.73. The van der Waals surface area contributed by atoms with E-state index in [2.05, 4.69) is 47.9 Å². The molecule has 0 aliphatic carbocycles. The average molecular weight is 262 g/mol. The molecule has 19 heavy (non-hydrogen) atoms. The first-order valence-corrected chi connectivity index (χ1v) is 7.27. The van der Waals surface area contributed by atoms with Crippen molar-refractivity contribution in [1.29, 1.82) is 0 Å². The fraction of sp³-hybridized carbons (Fsp3) is 0.625. The first kappa shape index (κ1) is 14.5. The molecule has 106 valence electrons. The molecule has 0 bridgehead atoms. The maximum absolute atomic E-state index is 5.30. The van der Waals surface area contributed by atoms with Gasteiger partial charge in [-0.25, -0.2) is 0 Å². The Balaban J connectivity index is 2.03. The van der Waals surface area contributed by atoms with Crippen LogP contribution < -0.4 is 10.6 Å². The van der Waals surface area contributed by atoms with E-state index in [1.165, 1.54) is 18.4 Å². The molecule has 1 aliphatic rings. The molecule has 1 aromatic rings. The average Bonchev–Trinajstić information content (AvgIpc) is 2.49. The van der Waals surface area contributed by atoms with E-state index in [1.807, 2.05) is 0 Å². The van der Waals surface area contributed by atoms with E-state index in [4.69, 9.17) is 4.74 Å². The predicted octanol–water partition coefficient (Wildman–Crippen LogP) is 1.93. The molecule has 2 N–H and O–H groups in total. The molecule has 3 nitrogen and oxygen atoms in total. The summed E-state index contributed by atoms with van der Waals surface area (Å²) in [5.74, 6) is 0. The molecule has 3 heteroatoms. The molecule has 1 fully saturated rings. The predicted molar refractivity (Wildman–Crippen MR) is 79.6 cm³/mol. The highest BCUT2D eigenvalue weighted by Crippen LogP contribution is 2.32. The normalized spacial score (nSPS) is 20.1. The van der Waals surface area contributed by atoms with Gasteiger partial charge in [0.25, 0.3) is 0 Å². The van der Waals surface area contributed by atoms with Gasteiger partial charge in [0, 0.05) is 25.6 Å². The largest absolute Gasteiger partial charge is 0.380 e. The van der Waals surface area contributed by atoms with Gasteiger partial charge in [-0.05, 0) is 38.4 Å². The zero-order chi connectivity index (χ0) is 13.6. The van der Waals surface area contributed by atoms with Gasteiger partial charge in [0.05, 0.1) is 6.10 Å².